The summed E-state index contributed by atoms with van der Waals surface area (Å²) in [5, 5.41) is 3.24. The van der Waals surface area contributed by atoms with Crippen molar-refractivity contribution in [3.8, 4) is 0 Å². The molecule has 3 aliphatic rings. The summed E-state index contributed by atoms with van der Waals surface area (Å²) in [6, 6.07) is 0.542. The molecular formula is C12H19NO. The second-order valence-corrected chi connectivity index (χ2v) is 5.46. The van der Waals surface area contributed by atoms with Crippen molar-refractivity contribution in [2.45, 2.75) is 57.4 Å². The van der Waals surface area contributed by atoms with E-state index in [-0.39, 0.29) is 5.41 Å². The minimum Gasteiger partial charge on any atom is -0.353 e. The SMILES string of the molecule is O=C1NC(C2CC2)CC12CCCCC2. The molecule has 1 unspecified atom stereocenters. The molecule has 3 rings (SSSR count). The van der Waals surface area contributed by atoms with Crippen LogP contribution in [-0.2, 0) is 4.79 Å². The van der Waals surface area contributed by atoms with E-state index in [9.17, 15) is 4.79 Å². The van der Waals surface area contributed by atoms with Gasteiger partial charge < -0.3 is 5.32 Å². The molecule has 2 heteroatoms. The van der Waals surface area contributed by atoms with Gasteiger partial charge in [0.25, 0.3) is 0 Å². The zero-order valence-corrected chi connectivity index (χ0v) is 8.72. The van der Waals surface area contributed by atoms with Gasteiger partial charge in [0.2, 0.25) is 5.91 Å². The van der Waals surface area contributed by atoms with E-state index >= 15 is 0 Å². The van der Waals surface area contributed by atoms with Crippen molar-refractivity contribution >= 4 is 5.91 Å². The molecule has 0 aromatic carbocycles. The fourth-order valence-electron chi connectivity index (χ4n) is 3.33. The molecule has 0 radical (unpaired) electrons. The van der Waals surface area contributed by atoms with Crippen LogP contribution in [0.5, 0.6) is 0 Å². The van der Waals surface area contributed by atoms with E-state index < -0.39 is 0 Å². The first-order valence-electron chi connectivity index (χ1n) is 6.11. The quantitative estimate of drug-likeness (QED) is 0.680. The van der Waals surface area contributed by atoms with E-state index in [4.69, 9.17) is 0 Å². The lowest BCUT2D eigenvalue weighted by Gasteiger charge is -2.30. The fourth-order valence-corrected chi connectivity index (χ4v) is 3.33. The number of hydrogen-bond acceptors (Lipinski definition) is 1. The lowest BCUT2D eigenvalue weighted by molar-refractivity contribution is -0.129. The molecule has 1 N–H and O–H groups in total. The molecule has 1 atom stereocenters. The van der Waals surface area contributed by atoms with Gasteiger partial charge in [-0.15, -0.1) is 0 Å². The molecule has 2 nitrogen and oxygen atoms in total. The van der Waals surface area contributed by atoms with Crippen molar-refractivity contribution in [1.29, 1.82) is 0 Å². The summed E-state index contributed by atoms with van der Waals surface area (Å²) in [7, 11) is 0. The first-order chi connectivity index (χ1) is 6.80. The Kier molecular flexibility index (Phi) is 1.86. The molecule has 14 heavy (non-hydrogen) atoms. The summed E-state index contributed by atoms with van der Waals surface area (Å²) < 4.78 is 0. The standard InChI is InChI=1S/C12H19NO/c14-11-12(6-2-1-3-7-12)8-10(13-11)9-4-5-9/h9-10H,1-8H2,(H,13,14). The highest BCUT2D eigenvalue weighted by atomic mass is 16.2. The van der Waals surface area contributed by atoms with Crippen molar-refractivity contribution in [1.82, 2.24) is 5.32 Å². The Morgan fingerprint density at radius 2 is 1.86 bits per heavy atom. The van der Waals surface area contributed by atoms with E-state index in [0.29, 0.717) is 11.9 Å². The Balaban J connectivity index is 1.75. The maximum absolute atomic E-state index is 12.0. The second-order valence-electron chi connectivity index (χ2n) is 5.46. The van der Waals surface area contributed by atoms with Crippen LogP contribution >= 0.6 is 0 Å². The first kappa shape index (κ1) is 8.75. The van der Waals surface area contributed by atoms with Crippen LogP contribution in [0.4, 0.5) is 0 Å². The highest BCUT2D eigenvalue weighted by Crippen LogP contribution is 2.48. The lowest BCUT2D eigenvalue weighted by Crippen LogP contribution is -2.33. The van der Waals surface area contributed by atoms with Crippen LogP contribution < -0.4 is 5.32 Å². The third-order valence-electron chi connectivity index (χ3n) is 4.41. The molecule has 78 valence electrons. The van der Waals surface area contributed by atoms with Gasteiger partial charge in [-0.05, 0) is 38.0 Å². The van der Waals surface area contributed by atoms with Crippen LogP contribution in [0.3, 0.4) is 0 Å². The van der Waals surface area contributed by atoms with Gasteiger partial charge >= 0.3 is 0 Å². The second kappa shape index (κ2) is 2.98. The van der Waals surface area contributed by atoms with E-state index in [2.05, 4.69) is 5.32 Å². The number of amides is 1. The van der Waals surface area contributed by atoms with Crippen LogP contribution in [-0.4, -0.2) is 11.9 Å². The van der Waals surface area contributed by atoms with Crippen LogP contribution in [0.25, 0.3) is 0 Å². The van der Waals surface area contributed by atoms with Crippen molar-refractivity contribution < 1.29 is 4.79 Å². The summed E-state index contributed by atoms with van der Waals surface area (Å²) in [4.78, 5) is 12.0. The maximum atomic E-state index is 12.0. The summed E-state index contributed by atoms with van der Waals surface area (Å²) >= 11 is 0. The number of carbonyl (C=O) groups excluding carboxylic acids is 1. The first-order valence-corrected chi connectivity index (χ1v) is 6.11. The van der Waals surface area contributed by atoms with Crippen LogP contribution in [0.1, 0.15) is 51.4 Å². The maximum Gasteiger partial charge on any atom is 0.226 e. The topological polar surface area (TPSA) is 29.1 Å². The molecule has 0 aromatic heterocycles. The van der Waals surface area contributed by atoms with Crippen LogP contribution in [0.15, 0.2) is 0 Å². The molecule has 1 saturated heterocycles. The lowest BCUT2D eigenvalue weighted by atomic mass is 9.72. The van der Waals surface area contributed by atoms with Crippen molar-refractivity contribution in [3.05, 3.63) is 0 Å². The third-order valence-corrected chi connectivity index (χ3v) is 4.41. The minimum atomic E-state index is 0.0749. The predicted octanol–water partition coefficient (Wildman–Crippen LogP) is 2.24. The predicted molar refractivity (Wildman–Crippen MR) is 54.8 cm³/mol. The van der Waals surface area contributed by atoms with E-state index in [1.807, 2.05) is 0 Å². The third kappa shape index (κ3) is 1.27. The zero-order valence-electron chi connectivity index (χ0n) is 8.72. The number of hydrogen-bond donors (Lipinski definition) is 1. The molecule has 0 aromatic rings. The number of nitrogens with one attached hydrogen (secondary N) is 1. The summed E-state index contributed by atoms with van der Waals surface area (Å²) in [6.07, 6.45) is 10.0. The average molecular weight is 193 g/mol. The number of rotatable bonds is 1. The van der Waals surface area contributed by atoms with Gasteiger partial charge in [0.1, 0.15) is 0 Å². The zero-order chi connectivity index (χ0) is 9.60. The smallest absolute Gasteiger partial charge is 0.226 e. The van der Waals surface area contributed by atoms with Crippen molar-refractivity contribution in [2.75, 3.05) is 0 Å². The van der Waals surface area contributed by atoms with Gasteiger partial charge in [-0.3, -0.25) is 4.79 Å². The van der Waals surface area contributed by atoms with Crippen LogP contribution in [0, 0.1) is 11.3 Å². The van der Waals surface area contributed by atoms with Gasteiger partial charge in [-0.2, -0.15) is 0 Å². The van der Waals surface area contributed by atoms with Crippen molar-refractivity contribution in [2.24, 2.45) is 11.3 Å². The normalized spacial score (nSPS) is 36.0. The Morgan fingerprint density at radius 3 is 2.50 bits per heavy atom. The highest BCUT2D eigenvalue weighted by molar-refractivity contribution is 5.85. The Bertz CT molecular complexity index is 251. The van der Waals surface area contributed by atoms with Crippen LogP contribution in [0.2, 0.25) is 0 Å². The minimum absolute atomic E-state index is 0.0749. The number of carbonyl (C=O) groups is 1. The monoisotopic (exact) mass is 193 g/mol. The van der Waals surface area contributed by atoms with Gasteiger partial charge in [0.15, 0.2) is 0 Å². The Morgan fingerprint density at radius 1 is 1.14 bits per heavy atom. The summed E-state index contributed by atoms with van der Waals surface area (Å²) in [6.45, 7) is 0. The van der Waals surface area contributed by atoms with E-state index in [1.54, 1.807) is 0 Å². The molecule has 1 amide bonds. The van der Waals surface area contributed by atoms with Gasteiger partial charge in [0.05, 0.1) is 5.41 Å². The Labute approximate surface area is 85.4 Å². The largest absolute Gasteiger partial charge is 0.353 e. The average Bonchev–Trinajstić information content (AvgIpc) is 2.98. The summed E-state index contributed by atoms with van der Waals surface area (Å²) in [5.74, 6) is 1.22. The fraction of sp³-hybridized carbons (Fsp3) is 0.917. The van der Waals surface area contributed by atoms with Crippen molar-refractivity contribution in [3.63, 3.8) is 0 Å². The highest BCUT2D eigenvalue weighted by Gasteiger charge is 2.50. The summed E-state index contributed by atoms with van der Waals surface area (Å²) in [5.41, 5.74) is 0.0749. The molecule has 2 saturated carbocycles. The van der Waals surface area contributed by atoms with Gasteiger partial charge in [-0.25, -0.2) is 0 Å². The molecule has 1 heterocycles. The molecular weight excluding hydrogens is 174 g/mol. The molecule has 3 fully saturated rings. The molecule has 1 aliphatic heterocycles. The van der Waals surface area contributed by atoms with E-state index in [1.165, 1.54) is 32.1 Å². The molecule has 2 aliphatic carbocycles. The molecule has 0 bridgehead atoms. The van der Waals surface area contributed by atoms with E-state index in [0.717, 1.165) is 25.2 Å². The Hall–Kier alpha value is -0.530. The van der Waals surface area contributed by atoms with Gasteiger partial charge in [-0.1, -0.05) is 19.3 Å². The molecule has 1 spiro atoms. The van der Waals surface area contributed by atoms with Gasteiger partial charge in [0, 0.05) is 6.04 Å².